The predicted octanol–water partition coefficient (Wildman–Crippen LogP) is 4.61. The molecule has 0 saturated carbocycles. The standard InChI is InChI=1S/C23H20N2O3S/c1-17-10-12-20(13-11-17)29(27,28)24-21-8-5-9-22-23(21)19(16-26)15-25(22)14-18-6-3-2-4-7-18/h2-13,15-16,24H,14H2,1H3. The van der Waals surface area contributed by atoms with Gasteiger partial charge in [-0.1, -0.05) is 54.1 Å². The highest BCUT2D eigenvalue weighted by atomic mass is 32.2. The van der Waals surface area contributed by atoms with Crippen LogP contribution in [0.1, 0.15) is 21.5 Å². The van der Waals surface area contributed by atoms with Crippen molar-refractivity contribution >= 4 is 32.9 Å². The van der Waals surface area contributed by atoms with Crippen molar-refractivity contribution in [2.45, 2.75) is 18.4 Å². The summed E-state index contributed by atoms with van der Waals surface area (Å²) in [6.07, 6.45) is 2.52. The second kappa shape index (κ2) is 7.56. The van der Waals surface area contributed by atoms with E-state index in [0.717, 1.165) is 22.9 Å². The second-order valence-electron chi connectivity index (χ2n) is 6.93. The van der Waals surface area contributed by atoms with E-state index in [2.05, 4.69) is 4.72 Å². The molecule has 0 fully saturated rings. The second-order valence-corrected chi connectivity index (χ2v) is 8.62. The molecule has 29 heavy (non-hydrogen) atoms. The third kappa shape index (κ3) is 3.79. The van der Waals surface area contributed by atoms with Gasteiger partial charge in [0.2, 0.25) is 0 Å². The van der Waals surface area contributed by atoms with Crippen LogP contribution < -0.4 is 4.72 Å². The molecule has 0 aliphatic heterocycles. The summed E-state index contributed by atoms with van der Waals surface area (Å²) in [5, 5.41) is 0.592. The summed E-state index contributed by atoms with van der Waals surface area (Å²) in [5.41, 5.74) is 3.69. The van der Waals surface area contributed by atoms with Crippen LogP contribution in [0, 0.1) is 6.92 Å². The Hall–Kier alpha value is -3.38. The number of carbonyl (C=O) groups excluding carboxylic acids is 1. The zero-order valence-electron chi connectivity index (χ0n) is 15.9. The highest BCUT2D eigenvalue weighted by Gasteiger charge is 2.18. The van der Waals surface area contributed by atoms with Crippen LogP contribution in [0.5, 0.6) is 0 Å². The number of aldehydes is 1. The maximum Gasteiger partial charge on any atom is 0.261 e. The number of nitrogens with zero attached hydrogens (tertiary/aromatic N) is 1. The van der Waals surface area contributed by atoms with Crippen LogP contribution in [-0.2, 0) is 16.6 Å². The van der Waals surface area contributed by atoms with Gasteiger partial charge in [-0.25, -0.2) is 8.42 Å². The number of benzene rings is 3. The Morgan fingerprint density at radius 3 is 2.34 bits per heavy atom. The Morgan fingerprint density at radius 2 is 1.66 bits per heavy atom. The predicted molar refractivity (Wildman–Crippen MR) is 115 cm³/mol. The number of anilines is 1. The lowest BCUT2D eigenvalue weighted by Gasteiger charge is -2.11. The smallest absolute Gasteiger partial charge is 0.261 e. The number of sulfonamides is 1. The van der Waals surface area contributed by atoms with Crippen LogP contribution in [-0.4, -0.2) is 19.3 Å². The van der Waals surface area contributed by atoms with Gasteiger partial charge in [-0.05, 0) is 36.8 Å². The third-order valence-corrected chi connectivity index (χ3v) is 6.22. The Morgan fingerprint density at radius 1 is 0.931 bits per heavy atom. The summed E-state index contributed by atoms with van der Waals surface area (Å²) in [6, 6.07) is 21.9. The van der Waals surface area contributed by atoms with Crippen molar-refractivity contribution in [3.05, 3.63) is 95.7 Å². The zero-order chi connectivity index (χ0) is 20.4. The first-order valence-corrected chi connectivity index (χ1v) is 10.7. The molecule has 0 radical (unpaired) electrons. The number of nitrogens with one attached hydrogen (secondary N) is 1. The van der Waals surface area contributed by atoms with Crippen molar-refractivity contribution in [2.75, 3.05) is 4.72 Å². The minimum Gasteiger partial charge on any atom is -0.342 e. The molecule has 0 aliphatic rings. The number of aromatic nitrogens is 1. The minimum atomic E-state index is -3.77. The number of carbonyl (C=O) groups is 1. The van der Waals surface area contributed by atoms with Crippen LogP contribution >= 0.6 is 0 Å². The molecule has 6 heteroatoms. The quantitative estimate of drug-likeness (QED) is 0.477. The number of aryl methyl sites for hydroxylation is 1. The van der Waals surface area contributed by atoms with Crippen LogP contribution in [0.2, 0.25) is 0 Å². The van der Waals surface area contributed by atoms with E-state index in [1.165, 1.54) is 0 Å². The molecule has 0 amide bonds. The fourth-order valence-corrected chi connectivity index (χ4v) is 4.46. The van der Waals surface area contributed by atoms with Gasteiger partial charge in [-0.15, -0.1) is 0 Å². The average Bonchev–Trinajstić information content (AvgIpc) is 3.07. The van der Waals surface area contributed by atoms with Crippen molar-refractivity contribution in [2.24, 2.45) is 0 Å². The largest absolute Gasteiger partial charge is 0.342 e. The van der Waals surface area contributed by atoms with E-state index in [1.54, 1.807) is 42.6 Å². The van der Waals surface area contributed by atoms with Gasteiger partial charge in [0.1, 0.15) is 0 Å². The molecule has 1 heterocycles. The summed E-state index contributed by atoms with van der Waals surface area (Å²) in [7, 11) is -3.77. The highest BCUT2D eigenvalue weighted by molar-refractivity contribution is 7.92. The van der Waals surface area contributed by atoms with Gasteiger partial charge in [0.05, 0.1) is 16.1 Å². The number of hydrogen-bond donors (Lipinski definition) is 1. The molecule has 1 aromatic heterocycles. The molecule has 0 bridgehead atoms. The SMILES string of the molecule is Cc1ccc(S(=O)(=O)Nc2cccc3c2c(C=O)cn3Cc2ccccc2)cc1. The van der Waals surface area contributed by atoms with Gasteiger partial charge in [0, 0.05) is 23.7 Å². The van der Waals surface area contributed by atoms with E-state index in [1.807, 2.05) is 47.9 Å². The molecular weight excluding hydrogens is 384 g/mol. The summed E-state index contributed by atoms with van der Waals surface area (Å²) in [6.45, 7) is 2.48. The molecule has 0 atom stereocenters. The summed E-state index contributed by atoms with van der Waals surface area (Å²) < 4.78 is 30.3. The van der Waals surface area contributed by atoms with Gasteiger partial charge in [0.25, 0.3) is 10.0 Å². The van der Waals surface area contributed by atoms with E-state index in [4.69, 9.17) is 0 Å². The van der Waals surface area contributed by atoms with Gasteiger partial charge >= 0.3 is 0 Å². The van der Waals surface area contributed by atoms with Crippen molar-refractivity contribution in [1.82, 2.24) is 4.57 Å². The van der Waals surface area contributed by atoms with Crippen LogP contribution in [0.25, 0.3) is 10.9 Å². The topological polar surface area (TPSA) is 68.2 Å². The van der Waals surface area contributed by atoms with Crippen molar-refractivity contribution in [3.8, 4) is 0 Å². The molecule has 0 aliphatic carbocycles. The highest BCUT2D eigenvalue weighted by Crippen LogP contribution is 2.30. The summed E-state index contributed by atoms with van der Waals surface area (Å²) >= 11 is 0. The Kier molecular flexibility index (Phi) is 4.94. The van der Waals surface area contributed by atoms with Gasteiger partial charge < -0.3 is 4.57 Å². The van der Waals surface area contributed by atoms with Crippen molar-refractivity contribution in [3.63, 3.8) is 0 Å². The lowest BCUT2D eigenvalue weighted by molar-refractivity contribution is 0.112. The third-order valence-electron chi connectivity index (χ3n) is 4.83. The Labute approximate surface area is 169 Å². The molecule has 1 N–H and O–H groups in total. The van der Waals surface area contributed by atoms with Gasteiger partial charge in [-0.2, -0.15) is 0 Å². The maximum absolute atomic E-state index is 12.8. The number of fused-ring (bicyclic) bond motifs is 1. The minimum absolute atomic E-state index is 0.177. The monoisotopic (exact) mass is 404 g/mol. The van der Waals surface area contributed by atoms with E-state index in [9.17, 15) is 13.2 Å². The maximum atomic E-state index is 12.8. The number of rotatable bonds is 6. The molecule has 146 valence electrons. The molecule has 3 aromatic carbocycles. The van der Waals surface area contributed by atoms with E-state index in [0.29, 0.717) is 23.2 Å². The van der Waals surface area contributed by atoms with Crippen LogP contribution in [0.3, 0.4) is 0 Å². The molecule has 0 unspecified atom stereocenters. The zero-order valence-corrected chi connectivity index (χ0v) is 16.7. The lowest BCUT2D eigenvalue weighted by atomic mass is 10.1. The van der Waals surface area contributed by atoms with Crippen molar-refractivity contribution in [1.29, 1.82) is 0 Å². The first-order valence-electron chi connectivity index (χ1n) is 9.18. The lowest BCUT2D eigenvalue weighted by Crippen LogP contribution is -2.13. The summed E-state index contributed by atoms with van der Waals surface area (Å²) in [4.78, 5) is 11.9. The molecule has 4 aromatic rings. The Bertz CT molecular complexity index is 1280. The van der Waals surface area contributed by atoms with Crippen LogP contribution in [0.15, 0.2) is 83.9 Å². The van der Waals surface area contributed by atoms with Crippen molar-refractivity contribution < 1.29 is 13.2 Å². The normalized spacial score (nSPS) is 11.5. The van der Waals surface area contributed by atoms with Gasteiger partial charge in [0.15, 0.2) is 6.29 Å². The average molecular weight is 404 g/mol. The Balaban J connectivity index is 1.77. The van der Waals surface area contributed by atoms with Crippen LogP contribution in [0.4, 0.5) is 5.69 Å². The molecule has 5 nitrogen and oxygen atoms in total. The first-order chi connectivity index (χ1) is 14.0. The van der Waals surface area contributed by atoms with Gasteiger partial charge in [-0.3, -0.25) is 9.52 Å². The number of hydrogen-bond acceptors (Lipinski definition) is 3. The fraction of sp³-hybridized carbons (Fsp3) is 0.0870. The molecule has 0 spiro atoms. The molecule has 0 saturated heterocycles. The van der Waals surface area contributed by atoms with E-state index in [-0.39, 0.29) is 4.90 Å². The molecule has 4 rings (SSSR count). The van der Waals surface area contributed by atoms with E-state index >= 15 is 0 Å². The molecular formula is C23H20N2O3S. The summed E-state index contributed by atoms with van der Waals surface area (Å²) in [5.74, 6) is 0. The van der Waals surface area contributed by atoms with E-state index < -0.39 is 10.0 Å². The fourth-order valence-electron chi connectivity index (χ4n) is 3.39. The first kappa shape index (κ1) is 19.0.